The topological polar surface area (TPSA) is 82.3 Å². The Kier molecular flexibility index (Phi) is 4.95. The van der Waals surface area contributed by atoms with Gasteiger partial charge < -0.3 is 14.6 Å². The van der Waals surface area contributed by atoms with Crippen molar-refractivity contribution in [1.82, 2.24) is 25.4 Å². The minimum Gasteiger partial charge on any atom is -0.461 e. The maximum atomic E-state index is 5.30. The molecule has 7 nitrogen and oxygen atoms in total. The molecule has 0 saturated carbocycles. The van der Waals surface area contributed by atoms with Gasteiger partial charge in [0.05, 0.1) is 6.26 Å². The van der Waals surface area contributed by atoms with Crippen LogP contribution >= 0.6 is 0 Å². The molecule has 3 rings (SSSR count). The van der Waals surface area contributed by atoms with E-state index in [1.165, 1.54) is 12.8 Å². The first-order valence-corrected chi connectivity index (χ1v) is 8.24. The lowest BCUT2D eigenvalue weighted by atomic mass is 10.0. The largest absolute Gasteiger partial charge is 0.461 e. The summed E-state index contributed by atoms with van der Waals surface area (Å²) in [6, 6.07) is 3.67. The number of aromatic amines is 1. The zero-order valence-electron chi connectivity index (χ0n) is 13.7. The Labute approximate surface area is 136 Å². The Bertz CT molecular complexity index is 633. The molecule has 2 N–H and O–H groups in total. The van der Waals surface area contributed by atoms with Gasteiger partial charge >= 0.3 is 0 Å². The van der Waals surface area contributed by atoms with Crippen LogP contribution < -0.4 is 5.32 Å². The molecule has 0 spiro atoms. The molecule has 1 aliphatic heterocycles. The number of H-pyrrole nitrogens is 1. The highest BCUT2D eigenvalue weighted by atomic mass is 16.3. The Morgan fingerprint density at radius 2 is 2.48 bits per heavy atom. The monoisotopic (exact) mass is 316 g/mol. The highest BCUT2D eigenvalue weighted by Gasteiger charge is 2.19. The van der Waals surface area contributed by atoms with Crippen molar-refractivity contribution in [3.05, 3.63) is 24.2 Å². The summed E-state index contributed by atoms with van der Waals surface area (Å²) in [5.41, 5.74) is 0. The van der Waals surface area contributed by atoms with Crippen molar-refractivity contribution in [3.63, 3.8) is 0 Å². The van der Waals surface area contributed by atoms with Gasteiger partial charge in [0.1, 0.15) is 12.4 Å². The number of aromatic nitrogens is 3. The van der Waals surface area contributed by atoms with Crippen LogP contribution in [0.1, 0.15) is 32.5 Å². The van der Waals surface area contributed by atoms with E-state index in [2.05, 4.69) is 39.2 Å². The van der Waals surface area contributed by atoms with Gasteiger partial charge in [0.15, 0.2) is 11.7 Å². The van der Waals surface area contributed by atoms with Crippen LogP contribution in [0.5, 0.6) is 0 Å². The van der Waals surface area contributed by atoms with Gasteiger partial charge in [-0.1, -0.05) is 6.92 Å². The molecule has 1 atom stereocenters. The normalized spacial score (nSPS) is 19.1. The van der Waals surface area contributed by atoms with Crippen molar-refractivity contribution in [2.24, 2.45) is 10.9 Å². The van der Waals surface area contributed by atoms with E-state index < -0.39 is 0 Å². The van der Waals surface area contributed by atoms with E-state index >= 15 is 0 Å². The first kappa shape index (κ1) is 15.6. The van der Waals surface area contributed by atoms with E-state index in [0.717, 1.165) is 31.4 Å². The molecule has 0 bridgehead atoms. The maximum Gasteiger partial charge on any atom is 0.216 e. The van der Waals surface area contributed by atoms with Crippen LogP contribution in [0.2, 0.25) is 0 Å². The molecular formula is C16H24N6O. The SMILES string of the molecule is CCNC(=NCc1nc(-c2ccco2)n[nH]1)N1CCCC(C)C1. The summed E-state index contributed by atoms with van der Waals surface area (Å²) in [6.45, 7) is 7.83. The van der Waals surface area contributed by atoms with Crippen molar-refractivity contribution in [1.29, 1.82) is 0 Å². The molecule has 3 heterocycles. The number of hydrogen-bond donors (Lipinski definition) is 2. The number of rotatable bonds is 4. The summed E-state index contributed by atoms with van der Waals surface area (Å²) in [5, 5.41) is 10.5. The van der Waals surface area contributed by atoms with Gasteiger partial charge in [0, 0.05) is 19.6 Å². The maximum absolute atomic E-state index is 5.30. The quantitative estimate of drug-likeness (QED) is 0.668. The molecule has 0 aromatic carbocycles. The summed E-state index contributed by atoms with van der Waals surface area (Å²) in [6.07, 6.45) is 4.13. The van der Waals surface area contributed by atoms with E-state index in [9.17, 15) is 0 Å². The first-order valence-electron chi connectivity index (χ1n) is 8.24. The van der Waals surface area contributed by atoms with Gasteiger partial charge in [-0.3, -0.25) is 5.10 Å². The van der Waals surface area contributed by atoms with Crippen molar-refractivity contribution in [3.8, 4) is 11.6 Å². The number of piperidine rings is 1. The number of furan rings is 1. The lowest BCUT2D eigenvalue weighted by molar-refractivity contribution is 0.266. The fraction of sp³-hybridized carbons (Fsp3) is 0.562. The van der Waals surface area contributed by atoms with Gasteiger partial charge in [-0.2, -0.15) is 0 Å². The zero-order valence-corrected chi connectivity index (χ0v) is 13.7. The Morgan fingerprint density at radius 3 is 3.22 bits per heavy atom. The Balaban J connectivity index is 1.68. The van der Waals surface area contributed by atoms with Crippen LogP contribution in [0.4, 0.5) is 0 Å². The summed E-state index contributed by atoms with van der Waals surface area (Å²) < 4.78 is 5.30. The van der Waals surface area contributed by atoms with Crippen molar-refractivity contribution in [2.45, 2.75) is 33.2 Å². The number of likely N-dealkylation sites (tertiary alicyclic amines) is 1. The van der Waals surface area contributed by atoms with Crippen LogP contribution in [0, 0.1) is 5.92 Å². The third-order valence-corrected chi connectivity index (χ3v) is 3.94. The molecule has 1 saturated heterocycles. The van der Waals surface area contributed by atoms with E-state index in [1.54, 1.807) is 6.26 Å². The minimum absolute atomic E-state index is 0.473. The molecular weight excluding hydrogens is 292 g/mol. The second-order valence-electron chi connectivity index (χ2n) is 5.95. The summed E-state index contributed by atoms with van der Waals surface area (Å²) in [4.78, 5) is 11.5. The average Bonchev–Trinajstić information content (AvgIpc) is 3.22. The first-order chi connectivity index (χ1) is 11.3. The smallest absolute Gasteiger partial charge is 0.216 e. The fourth-order valence-electron chi connectivity index (χ4n) is 2.84. The number of aliphatic imine (C=N–C) groups is 1. The van der Waals surface area contributed by atoms with E-state index in [4.69, 9.17) is 9.41 Å². The molecule has 0 amide bonds. The van der Waals surface area contributed by atoms with Crippen molar-refractivity contribution < 1.29 is 4.42 Å². The van der Waals surface area contributed by atoms with Gasteiger partial charge in [0.2, 0.25) is 5.82 Å². The molecule has 0 aliphatic carbocycles. The molecule has 1 aliphatic rings. The third kappa shape index (κ3) is 3.91. The molecule has 0 radical (unpaired) electrons. The van der Waals surface area contributed by atoms with E-state index in [0.29, 0.717) is 24.0 Å². The highest BCUT2D eigenvalue weighted by Crippen LogP contribution is 2.16. The van der Waals surface area contributed by atoms with Crippen LogP contribution in [-0.4, -0.2) is 45.7 Å². The summed E-state index contributed by atoms with van der Waals surface area (Å²) in [7, 11) is 0. The van der Waals surface area contributed by atoms with Crippen molar-refractivity contribution in [2.75, 3.05) is 19.6 Å². The second kappa shape index (κ2) is 7.30. The average molecular weight is 316 g/mol. The Hall–Kier alpha value is -2.31. The Morgan fingerprint density at radius 1 is 1.57 bits per heavy atom. The van der Waals surface area contributed by atoms with Crippen LogP contribution in [-0.2, 0) is 6.54 Å². The van der Waals surface area contributed by atoms with Gasteiger partial charge in [-0.15, -0.1) is 5.10 Å². The molecule has 23 heavy (non-hydrogen) atoms. The lowest BCUT2D eigenvalue weighted by Crippen LogP contribution is -2.46. The second-order valence-corrected chi connectivity index (χ2v) is 5.95. The molecule has 1 fully saturated rings. The number of hydrogen-bond acceptors (Lipinski definition) is 4. The molecule has 2 aromatic heterocycles. The standard InChI is InChI=1S/C16H24N6O/c1-3-17-16(22-8-4-6-12(2)11-22)18-10-14-19-15(21-20-14)13-7-5-9-23-13/h5,7,9,12H,3-4,6,8,10-11H2,1-2H3,(H,17,18)(H,19,20,21). The number of nitrogens with one attached hydrogen (secondary N) is 2. The van der Waals surface area contributed by atoms with Gasteiger partial charge in [0.25, 0.3) is 0 Å². The number of nitrogens with zero attached hydrogens (tertiary/aromatic N) is 4. The highest BCUT2D eigenvalue weighted by molar-refractivity contribution is 5.80. The van der Waals surface area contributed by atoms with E-state index in [1.807, 2.05) is 12.1 Å². The number of guanidine groups is 1. The van der Waals surface area contributed by atoms with Crippen LogP contribution in [0.3, 0.4) is 0 Å². The molecule has 7 heteroatoms. The van der Waals surface area contributed by atoms with E-state index in [-0.39, 0.29) is 0 Å². The van der Waals surface area contributed by atoms with Crippen molar-refractivity contribution >= 4 is 5.96 Å². The van der Waals surface area contributed by atoms with Gasteiger partial charge in [-0.25, -0.2) is 9.98 Å². The van der Waals surface area contributed by atoms with Crippen LogP contribution in [0.25, 0.3) is 11.6 Å². The molecule has 2 aromatic rings. The fourth-order valence-corrected chi connectivity index (χ4v) is 2.84. The van der Waals surface area contributed by atoms with Gasteiger partial charge in [-0.05, 0) is 37.8 Å². The summed E-state index contributed by atoms with van der Waals surface area (Å²) in [5.74, 6) is 3.63. The van der Waals surface area contributed by atoms with Crippen LogP contribution in [0.15, 0.2) is 27.8 Å². The third-order valence-electron chi connectivity index (χ3n) is 3.94. The summed E-state index contributed by atoms with van der Waals surface area (Å²) >= 11 is 0. The molecule has 124 valence electrons. The lowest BCUT2D eigenvalue weighted by Gasteiger charge is -2.33. The minimum atomic E-state index is 0.473. The predicted octanol–water partition coefficient (Wildman–Crippen LogP) is 2.26. The predicted molar refractivity (Wildman–Crippen MR) is 88.9 cm³/mol. The molecule has 1 unspecified atom stereocenters. The zero-order chi connectivity index (χ0) is 16.1.